The second kappa shape index (κ2) is 5.83. The molecule has 0 atom stereocenters. The van der Waals surface area contributed by atoms with Crippen LogP contribution in [0.15, 0.2) is 0 Å². The molecule has 1 aliphatic carbocycles. The molecule has 1 heterocycles. The van der Waals surface area contributed by atoms with Gasteiger partial charge in [-0.2, -0.15) is 0 Å². The van der Waals surface area contributed by atoms with Gasteiger partial charge in [-0.15, -0.1) is 0 Å². The number of hydrogen-bond acceptors (Lipinski definition) is 2. The van der Waals surface area contributed by atoms with Crippen LogP contribution in [0.5, 0.6) is 0 Å². The Morgan fingerprint density at radius 3 is 2.44 bits per heavy atom. The van der Waals surface area contributed by atoms with Gasteiger partial charge in [-0.3, -0.25) is 0 Å². The minimum Gasteiger partial charge on any atom is -0.381 e. The normalized spacial score (nSPS) is 26.4. The molecule has 0 N–H and O–H groups in total. The molecule has 1 saturated heterocycles. The van der Waals surface area contributed by atoms with Crippen molar-refractivity contribution >= 4 is 15.9 Å². The molecule has 2 nitrogen and oxygen atoms in total. The van der Waals surface area contributed by atoms with Gasteiger partial charge < -0.3 is 9.64 Å². The number of nitrogens with zero attached hydrogens (tertiary/aromatic N) is 1. The molecule has 0 bridgehead atoms. The first kappa shape index (κ1) is 12.8. The molecule has 0 amide bonds. The fourth-order valence-electron chi connectivity index (χ4n) is 3.14. The summed E-state index contributed by atoms with van der Waals surface area (Å²) in [7, 11) is 2.32. The smallest absolute Gasteiger partial charge is 0.0472 e. The van der Waals surface area contributed by atoms with E-state index in [0.717, 1.165) is 24.6 Å². The van der Waals surface area contributed by atoms with Crippen LogP contribution >= 0.6 is 15.9 Å². The highest BCUT2D eigenvalue weighted by atomic mass is 79.9. The molecule has 2 fully saturated rings. The van der Waals surface area contributed by atoms with Crippen LogP contribution in [0.3, 0.4) is 0 Å². The van der Waals surface area contributed by atoms with Crippen LogP contribution in [0.2, 0.25) is 0 Å². The molecule has 0 aromatic carbocycles. The summed E-state index contributed by atoms with van der Waals surface area (Å²) < 4.78 is 5.49. The fourth-order valence-corrected chi connectivity index (χ4v) is 3.88. The molecule has 3 heteroatoms. The van der Waals surface area contributed by atoms with Gasteiger partial charge in [-0.05, 0) is 38.1 Å². The SMILES string of the molecule is CN(CC1(CBr)CCOCC1)C1CCCC1. The van der Waals surface area contributed by atoms with Crippen molar-refractivity contribution in [3.05, 3.63) is 0 Å². The standard InChI is InChI=1S/C13H24BrNO/c1-15(12-4-2-3-5-12)11-13(10-14)6-8-16-9-7-13/h12H,2-11H2,1H3. The third kappa shape index (κ3) is 2.99. The van der Waals surface area contributed by atoms with Gasteiger partial charge in [-0.1, -0.05) is 28.8 Å². The lowest BCUT2D eigenvalue weighted by molar-refractivity contribution is 0.00620. The van der Waals surface area contributed by atoms with Gasteiger partial charge in [0.2, 0.25) is 0 Å². The number of alkyl halides is 1. The second-order valence-corrected chi connectivity index (χ2v) is 6.16. The summed E-state index contributed by atoms with van der Waals surface area (Å²) in [6.45, 7) is 3.14. The third-order valence-electron chi connectivity index (χ3n) is 4.37. The van der Waals surface area contributed by atoms with E-state index in [4.69, 9.17) is 4.74 Å². The predicted octanol–water partition coefficient (Wildman–Crippen LogP) is 3.05. The number of ether oxygens (including phenoxy) is 1. The maximum Gasteiger partial charge on any atom is 0.0472 e. The Labute approximate surface area is 108 Å². The molecule has 16 heavy (non-hydrogen) atoms. The van der Waals surface area contributed by atoms with Crippen molar-refractivity contribution in [3.8, 4) is 0 Å². The van der Waals surface area contributed by atoms with E-state index in [9.17, 15) is 0 Å². The van der Waals surface area contributed by atoms with E-state index in [1.165, 1.54) is 45.1 Å². The van der Waals surface area contributed by atoms with Gasteiger partial charge >= 0.3 is 0 Å². The van der Waals surface area contributed by atoms with E-state index in [1.54, 1.807) is 0 Å². The van der Waals surface area contributed by atoms with Crippen LogP contribution in [-0.4, -0.2) is 43.1 Å². The molecule has 2 rings (SSSR count). The number of halogens is 1. The van der Waals surface area contributed by atoms with Crippen molar-refractivity contribution in [1.82, 2.24) is 4.90 Å². The van der Waals surface area contributed by atoms with Gasteiger partial charge in [0.25, 0.3) is 0 Å². The Morgan fingerprint density at radius 1 is 1.25 bits per heavy atom. The zero-order valence-electron chi connectivity index (χ0n) is 10.4. The van der Waals surface area contributed by atoms with Gasteiger partial charge in [0.05, 0.1) is 0 Å². The lowest BCUT2D eigenvalue weighted by Gasteiger charge is -2.40. The highest BCUT2D eigenvalue weighted by Gasteiger charge is 2.34. The Bertz CT molecular complexity index is 210. The fraction of sp³-hybridized carbons (Fsp3) is 1.00. The number of rotatable bonds is 4. The van der Waals surface area contributed by atoms with Crippen molar-refractivity contribution in [2.45, 2.75) is 44.6 Å². The first-order chi connectivity index (χ1) is 7.76. The third-order valence-corrected chi connectivity index (χ3v) is 5.56. The number of hydrogen-bond donors (Lipinski definition) is 0. The molecular formula is C13H24BrNO. The van der Waals surface area contributed by atoms with Gasteiger partial charge in [0.1, 0.15) is 0 Å². The van der Waals surface area contributed by atoms with Crippen LogP contribution in [0.25, 0.3) is 0 Å². The molecule has 94 valence electrons. The summed E-state index contributed by atoms with van der Waals surface area (Å²) >= 11 is 3.72. The topological polar surface area (TPSA) is 12.5 Å². The average molecular weight is 290 g/mol. The monoisotopic (exact) mass is 289 g/mol. The molecule has 0 unspecified atom stereocenters. The Morgan fingerprint density at radius 2 is 1.88 bits per heavy atom. The van der Waals surface area contributed by atoms with Crippen LogP contribution < -0.4 is 0 Å². The summed E-state index contributed by atoms with van der Waals surface area (Å²) in [6, 6.07) is 0.846. The van der Waals surface area contributed by atoms with Gasteiger partial charge in [0.15, 0.2) is 0 Å². The van der Waals surface area contributed by atoms with Crippen LogP contribution in [-0.2, 0) is 4.74 Å². The minimum absolute atomic E-state index is 0.468. The van der Waals surface area contributed by atoms with E-state index < -0.39 is 0 Å². The maximum atomic E-state index is 5.49. The molecule has 1 aliphatic heterocycles. The summed E-state index contributed by atoms with van der Waals surface area (Å²) in [4.78, 5) is 2.61. The van der Waals surface area contributed by atoms with E-state index in [1.807, 2.05) is 0 Å². The lowest BCUT2D eigenvalue weighted by Crippen LogP contribution is -2.44. The molecular weight excluding hydrogens is 266 g/mol. The van der Waals surface area contributed by atoms with Gasteiger partial charge in [0, 0.05) is 31.1 Å². The summed E-state index contributed by atoms with van der Waals surface area (Å²) in [5, 5.41) is 1.13. The highest BCUT2D eigenvalue weighted by Crippen LogP contribution is 2.35. The van der Waals surface area contributed by atoms with Crippen molar-refractivity contribution in [2.75, 3.05) is 32.1 Å². The zero-order valence-corrected chi connectivity index (χ0v) is 12.0. The summed E-state index contributed by atoms with van der Waals surface area (Å²) in [6.07, 6.45) is 8.11. The summed E-state index contributed by atoms with van der Waals surface area (Å²) in [5.41, 5.74) is 0.468. The van der Waals surface area contributed by atoms with E-state index in [0.29, 0.717) is 5.41 Å². The van der Waals surface area contributed by atoms with Gasteiger partial charge in [-0.25, -0.2) is 0 Å². The quantitative estimate of drug-likeness (QED) is 0.738. The van der Waals surface area contributed by atoms with Crippen molar-refractivity contribution in [1.29, 1.82) is 0 Å². The largest absolute Gasteiger partial charge is 0.381 e. The second-order valence-electron chi connectivity index (χ2n) is 5.60. The van der Waals surface area contributed by atoms with E-state index >= 15 is 0 Å². The molecule has 0 radical (unpaired) electrons. The van der Waals surface area contributed by atoms with E-state index in [2.05, 4.69) is 27.9 Å². The Kier molecular flexibility index (Phi) is 4.68. The van der Waals surface area contributed by atoms with Crippen molar-refractivity contribution in [2.24, 2.45) is 5.41 Å². The summed E-state index contributed by atoms with van der Waals surface area (Å²) in [5.74, 6) is 0. The van der Waals surface area contributed by atoms with E-state index in [-0.39, 0.29) is 0 Å². The Hall–Kier alpha value is 0.400. The first-order valence-corrected chi connectivity index (χ1v) is 7.72. The molecule has 2 aliphatic rings. The lowest BCUT2D eigenvalue weighted by atomic mass is 9.81. The molecule has 0 spiro atoms. The van der Waals surface area contributed by atoms with Crippen LogP contribution in [0.4, 0.5) is 0 Å². The first-order valence-electron chi connectivity index (χ1n) is 6.60. The van der Waals surface area contributed by atoms with Crippen LogP contribution in [0, 0.1) is 5.41 Å². The zero-order chi connectivity index (χ0) is 11.4. The molecule has 0 aromatic heterocycles. The minimum atomic E-state index is 0.468. The Balaban J connectivity index is 1.89. The molecule has 1 saturated carbocycles. The maximum absolute atomic E-state index is 5.49. The van der Waals surface area contributed by atoms with Crippen molar-refractivity contribution in [3.63, 3.8) is 0 Å². The highest BCUT2D eigenvalue weighted by molar-refractivity contribution is 9.09. The predicted molar refractivity (Wildman–Crippen MR) is 71.2 cm³/mol. The van der Waals surface area contributed by atoms with Crippen LogP contribution in [0.1, 0.15) is 38.5 Å². The molecule has 0 aromatic rings. The van der Waals surface area contributed by atoms with Crippen molar-refractivity contribution < 1.29 is 4.74 Å². The average Bonchev–Trinajstić information content (AvgIpc) is 2.84.